The number of nitrogens with one attached hydrogen (secondary N) is 2. The van der Waals surface area contributed by atoms with Crippen LogP contribution in [0.2, 0.25) is 0 Å². The zero-order chi connectivity index (χ0) is 16.8. The van der Waals surface area contributed by atoms with Crippen molar-refractivity contribution < 1.29 is 14.7 Å². The predicted octanol–water partition coefficient (Wildman–Crippen LogP) is 0.442. The van der Waals surface area contributed by atoms with Crippen LogP contribution in [0.5, 0.6) is 0 Å². The molecule has 122 valence electrons. The molecule has 0 saturated heterocycles. The van der Waals surface area contributed by atoms with Crippen LogP contribution in [0.25, 0.3) is 5.69 Å². The van der Waals surface area contributed by atoms with Gasteiger partial charge in [0.15, 0.2) is 0 Å². The normalized spacial score (nSPS) is 13.1. The minimum atomic E-state index is -1.10. The quantitative estimate of drug-likeness (QED) is 0.677. The van der Waals surface area contributed by atoms with Gasteiger partial charge < -0.3 is 15.7 Å². The van der Waals surface area contributed by atoms with E-state index in [0.717, 1.165) is 5.69 Å². The van der Waals surface area contributed by atoms with Gasteiger partial charge >= 0.3 is 5.97 Å². The Morgan fingerprint density at radius 3 is 2.61 bits per heavy atom. The van der Waals surface area contributed by atoms with E-state index in [-0.39, 0.29) is 0 Å². The van der Waals surface area contributed by atoms with Crippen LogP contribution in [0.1, 0.15) is 20.3 Å². The maximum absolute atomic E-state index is 12.1. The Morgan fingerprint density at radius 2 is 2.00 bits per heavy atom. The van der Waals surface area contributed by atoms with Crippen LogP contribution in [-0.2, 0) is 9.59 Å². The molecule has 0 aliphatic heterocycles. The van der Waals surface area contributed by atoms with Crippen LogP contribution in [0, 0.1) is 0 Å². The highest BCUT2D eigenvalue weighted by molar-refractivity contribution is 5.88. The number of nitrogens with zero attached hydrogens (tertiary/aromatic N) is 4. The molecule has 23 heavy (non-hydrogen) atoms. The largest absolute Gasteiger partial charge is 0.480 e. The average molecular weight is 318 g/mol. The van der Waals surface area contributed by atoms with Crippen molar-refractivity contribution in [2.45, 2.75) is 32.4 Å². The summed E-state index contributed by atoms with van der Waals surface area (Å²) in [6.45, 7) is 3.21. The first-order valence-electron chi connectivity index (χ1n) is 7.16. The van der Waals surface area contributed by atoms with Crippen molar-refractivity contribution >= 4 is 17.8 Å². The molecule has 0 saturated carbocycles. The molecule has 0 bridgehead atoms. The Labute approximate surface area is 132 Å². The highest BCUT2D eigenvalue weighted by Crippen LogP contribution is 2.12. The minimum Gasteiger partial charge on any atom is -0.480 e. The van der Waals surface area contributed by atoms with Crippen LogP contribution in [0.3, 0.4) is 0 Å². The van der Waals surface area contributed by atoms with Crippen molar-refractivity contribution in [3.8, 4) is 5.69 Å². The summed E-state index contributed by atoms with van der Waals surface area (Å²) in [4.78, 5) is 23.0. The van der Waals surface area contributed by atoms with E-state index in [1.54, 1.807) is 6.92 Å². The molecule has 0 fully saturated rings. The van der Waals surface area contributed by atoms with Crippen molar-refractivity contribution in [1.82, 2.24) is 25.5 Å². The number of carboxylic acid groups (broad SMARTS) is 1. The molecule has 1 aromatic heterocycles. The number of rotatable bonds is 7. The third-order valence-electron chi connectivity index (χ3n) is 3.23. The molecule has 1 aromatic carbocycles. The fourth-order valence-corrected chi connectivity index (χ4v) is 1.90. The fourth-order valence-electron chi connectivity index (χ4n) is 1.90. The van der Waals surface area contributed by atoms with Gasteiger partial charge in [-0.3, -0.25) is 9.59 Å². The van der Waals surface area contributed by atoms with Crippen molar-refractivity contribution in [2.24, 2.45) is 0 Å². The third kappa shape index (κ3) is 4.02. The summed E-state index contributed by atoms with van der Waals surface area (Å²) in [6, 6.07) is 7.60. The topological polar surface area (TPSA) is 122 Å². The average Bonchev–Trinajstić information content (AvgIpc) is 3.01. The van der Waals surface area contributed by atoms with Gasteiger partial charge in [-0.05, 0) is 35.9 Å². The highest BCUT2D eigenvalue weighted by Gasteiger charge is 2.23. The number of hydrogen-bond acceptors (Lipinski definition) is 6. The van der Waals surface area contributed by atoms with Gasteiger partial charge in [0, 0.05) is 0 Å². The summed E-state index contributed by atoms with van der Waals surface area (Å²) in [5, 5.41) is 25.6. The van der Waals surface area contributed by atoms with Crippen molar-refractivity contribution in [3.05, 3.63) is 30.3 Å². The Kier molecular flexibility index (Phi) is 5.23. The maximum Gasteiger partial charge on any atom is 0.325 e. The maximum atomic E-state index is 12.1. The molecule has 0 radical (unpaired) electrons. The molecule has 2 rings (SSSR count). The second-order valence-corrected chi connectivity index (χ2v) is 4.92. The molecular weight excluding hydrogens is 300 g/mol. The van der Waals surface area contributed by atoms with E-state index in [1.165, 1.54) is 11.6 Å². The SMILES string of the molecule is CCC(Nc1nnnn1-c1ccccc1)C(=O)N[C@@H](C)C(=O)O. The molecule has 3 N–H and O–H groups in total. The van der Waals surface area contributed by atoms with Gasteiger partial charge in [-0.25, -0.2) is 0 Å². The Balaban J connectivity index is 2.13. The van der Waals surface area contributed by atoms with Crippen molar-refractivity contribution in [3.63, 3.8) is 0 Å². The number of carbonyl (C=O) groups is 2. The molecular formula is C14H18N6O3. The van der Waals surface area contributed by atoms with E-state index in [0.29, 0.717) is 12.4 Å². The third-order valence-corrected chi connectivity index (χ3v) is 3.23. The van der Waals surface area contributed by atoms with Crippen molar-refractivity contribution in [1.29, 1.82) is 0 Å². The summed E-state index contributed by atoms with van der Waals surface area (Å²) in [7, 11) is 0. The van der Waals surface area contributed by atoms with Gasteiger partial charge in [0.05, 0.1) is 5.69 Å². The molecule has 2 aromatic rings. The standard InChI is InChI=1S/C14H18N6O3/c1-3-11(12(21)15-9(2)13(22)23)16-14-17-18-19-20(14)10-7-5-4-6-8-10/h4-9,11H,3H2,1-2H3,(H,15,21)(H,22,23)(H,16,17,19)/t9-,11?/m0/s1. The number of tetrazole rings is 1. The number of aromatic nitrogens is 4. The fraction of sp³-hybridized carbons (Fsp3) is 0.357. The lowest BCUT2D eigenvalue weighted by atomic mass is 10.2. The van der Waals surface area contributed by atoms with E-state index >= 15 is 0 Å². The van der Waals surface area contributed by atoms with E-state index in [1.807, 2.05) is 30.3 Å². The van der Waals surface area contributed by atoms with Crippen LogP contribution in [0.4, 0.5) is 5.95 Å². The summed E-state index contributed by atoms with van der Waals surface area (Å²) >= 11 is 0. The lowest BCUT2D eigenvalue weighted by molar-refractivity contribution is -0.141. The molecule has 1 unspecified atom stereocenters. The minimum absolute atomic E-state index is 0.307. The second-order valence-electron chi connectivity index (χ2n) is 4.92. The van der Waals surface area contributed by atoms with Crippen LogP contribution < -0.4 is 10.6 Å². The Morgan fingerprint density at radius 1 is 1.30 bits per heavy atom. The first kappa shape index (κ1) is 16.4. The first-order valence-corrected chi connectivity index (χ1v) is 7.16. The van der Waals surface area contributed by atoms with Crippen molar-refractivity contribution in [2.75, 3.05) is 5.32 Å². The number of carbonyl (C=O) groups excluding carboxylic acids is 1. The van der Waals surface area contributed by atoms with Gasteiger partial charge in [0.2, 0.25) is 11.9 Å². The monoisotopic (exact) mass is 318 g/mol. The van der Waals surface area contributed by atoms with Gasteiger partial charge in [-0.15, -0.1) is 0 Å². The van der Waals surface area contributed by atoms with E-state index in [9.17, 15) is 9.59 Å². The molecule has 1 heterocycles. The van der Waals surface area contributed by atoms with Gasteiger partial charge in [-0.2, -0.15) is 4.68 Å². The molecule has 2 atom stereocenters. The number of aliphatic carboxylic acids is 1. The zero-order valence-electron chi connectivity index (χ0n) is 12.8. The second kappa shape index (κ2) is 7.34. The lowest BCUT2D eigenvalue weighted by Gasteiger charge is -2.18. The molecule has 0 spiro atoms. The van der Waals surface area contributed by atoms with Gasteiger partial charge in [0.25, 0.3) is 0 Å². The molecule has 1 amide bonds. The Bertz CT molecular complexity index is 672. The predicted molar refractivity (Wildman–Crippen MR) is 82.1 cm³/mol. The number of hydrogen-bond donors (Lipinski definition) is 3. The smallest absolute Gasteiger partial charge is 0.325 e. The highest BCUT2D eigenvalue weighted by atomic mass is 16.4. The molecule has 0 aliphatic carbocycles. The van der Waals surface area contributed by atoms with Gasteiger partial charge in [-0.1, -0.05) is 30.2 Å². The number of amides is 1. The van der Waals surface area contributed by atoms with E-state index in [4.69, 9.17) is 5.11 Å². The van der Waals surface area contributed by atoms with Crippen LogP contribution in [-0.4, -0.2) is 49.3 Å². The number of para-hydroxylation sites is 1. The lowest BCUT2D eigenvalue weighted by Crippen LogP contribution is -2.46. The number of benzene rings is 1. The molecule has 0 aliphatic rings. The molecule has 9 nitrogen and oxygen atoms in total. The van der Waals surface area contributed by atoms with Gasteiger partial charge in [0.1, 0.15) is 12.1 Å². The number of carboxylic acids is 1. The van der Waals surface area contributed by atoms with Crippen LogP contribution in [0.15, 0.2) is 30.3 Å². The summed E-state index contributed by atoms with van der Waals surface area (Å²) < 4.78 is 1.47. The first-order chi connectivity index (χ1) is 11.0. The van der Waals surface area contributed by atoms with Crippen LogP contribution >= 0.6 is 0 Å². The Hall–Kier alpha value is -2.97. The van der Waals surface area contributed by atoms with E-state index in [2.05, 4.69) is 26.2 Å². The molecule has 9 heteroatoms. The summed E-state index contributed by atoms with van der Waals surface area (Å²) in [6.07, 6.45) is 0.444. The summed E-state index contributed by atoms with van der Waals surface area (Å²) in [5.41, 5.74) is 0.745. The number of anilines is 1. The zero-order valence-corrected chi connectivity index (χ0v) is 12.8. The van der Waals surface area contributed by atoms with E-state index < -0.39 is 24.0 Å². The summed E-state index contributed by atoms with van der Waals surface area (Å²) in [5.74, 6) is -1.21.